The van der Waals surface area contributed by atoms with Gasteiger partial charge in [0.1, 0.15) is 0 Å². The molecule has 1 aromatic carbocycles. The van der Waals surface area contributed by atoms with Gasteiger partial charge in [-0.05, 0) is 41.3 Å². The van der Waals surface area contributed by atoms with Crippen LogP contribution in [0.1, 0.15) is 17.9 Å². The van der Waals surface area contributed by atoms with E-state index in [1.54, 1.807) is 5.56 Å². The van der Waals surface area contributed by atoms with Gasteiger partial charge < -0.3 is 5.32 Å². The topological polar surface area (TPSA) is 12.0 Å². The van der Waals surface area contributed by atoms with Crippen LogP contribution in [0.4, 0.5) is 0 Å². The standard InChI is InChI=1S/C12H13NS/c1-2-4-12-10(3-1)11(8-14-12)9-5-6-13-7-9/h1-4,8-9,13H,5-7H2. The van der Waals surface area contributed by atoms with Crippen LogP contribution in [0.25, 0.3) is 10.1 Å². The first-order valence-corrected chi connectivity index (χ1v) is 6.00. The van der Waals surface area contributed by atoms with Gasteiger partial charge in [-0.1, -0.05) is 18.2 Å². The molecule has 0 bridgehead atoms. The second-order valence-corrected chi connectivity index (χ2v) is 4.79. The van der Waals surface area contributed by atoms with Crippen molar-refractivity contribution in [3.05, 3.63) is 35.2 Å². The third-order valence-corrected chi connectivity index (χ3v) is 3.99. The molecule has 2 heteroatoms. The minimum Gasteiger partial charge on any atom is -0.316 e. The summed E-state index contributed by atoms with van der Waals surface area (Å²) in [5, 5.41) is 7.23. The summed E-state index contributed by atoms with van der Waals surface area (Å²) >= 11 is 1.87. The molecule has 1 aliphatic rings. The van der Waals surface area contributed by atoms with Gasteiger partial charge in [-0.25, -0.2) is 0 Å². The lowest BCUT2D eigenvalue weighted by atomic mass is 9.98. The van der Waals surface area contributed by atoms with Crippen LogP contribution in [0.2, 0.25) is 0 Å². The zero-order valence-electron chi connectivity index (χ0n) is 7.99. The van der Waals surface area contributed by atoms with E-state index >= 15 is 0 Å². The second kappa shape index (κ2) is 3.37. The first kappa shape index (κ1) is 8.45. The van der Waals surface area contributed by atoms with Gasteiger partial charge >= 0.3 is 0 Å². The molecule has 2 heterocycles. The summed E-state index contributed by atoms with van der Waals surface area (Å²) in [5.41, 5.74) is 1.55. The summed E-state index contributed by atoms with van der Waals surface area (Å²) in [6, 6.07) is 8.72. The highest BCUT2D eigenvalue weighted by Gasteiger charge is 2.19. The van der Waals surface area contributed by atoms with Gasteiger partial charge in [0.2, 0.25) is 0 Å². The Hall–Kier alpha value is -0.860. The molecule has 1 nitrogen and oxygen atoms in total. The Morgan fingerprint density at radius 2 is 2.21 bits per heavy atom. The highest BCUT2D eigenvalue weighted by molar-refractivity contribution is 7.17. The molecule has 0 saturated carbocycles. The smallest absolute Gasteiger partial charge is 0.0345 e. The van der Waals surface area contributed by atoms with Gasteiger partial charge in [0, 0.05) is 11.2 Å². The summed E-state index contributed by atoms with van der Waals surface area (Å²) in [6.45, 7) is 2.33. The summed E-state index contributed by atoms with van der Waals surface area (Å²) in [4.78, 5) is 0. The van der Waals surface area contributed by atoms with Crippen molar-refractivity contribution in [3.63, 3.8) is 0 Å². The van der Waals surface area contributed by atoms with Gasteiger partial charge in [-0.3, -0.25) is 0 Å². The molecular weight excluding hydrogens is 190 g/mol. The molecule has 1 aliphatic heterocycles. The van der Waals surface area contributed by atoms with E-state index in [1.165, 1.54) is 23.1 Å². The van der Waals surface area contributed by atoms with Crippen LogP contribution >= 0.6 is 11.3 Å². The van der Waals surface area contributed by atoms with Crippen molar-refractivity contribution in [2.75, 3.05) is 13.1 Å². The Bertz CT molecular complexity index is 440. The first-order chi connectivity index (χ1) is 6.95. The van der Waals surface area contributed by atoms with Crippen LogP contribution in [0, 0.1) is 0 Å². The molecule has 1 aromatic heterocycles. The summed E-state index contributed by atoms with van der Waals surface area (Å²) in [7, 11) is 0. The van der Waals surface area contributed by atoms with E-state index in [1.807, 2.05) is 11.3 Å². The predicted octanol–water partition coefficient (Wildman–Crippen LogP) is 2.98. The van der Waals surface area contributed by atoms with E-state index in [9.17, 15) is 0 Å². The maximum Gasteiger partial charge on any atom is 0.0345 e. The summed E-state index contributed by atoms with van der Waals surface area (Å²) in [5.74, 6) is 0.742. The molecule has 1 saturated heterocycles. The van der Waals surface area contributed by atoms with Gasteiger partial charge in [-0.2, -0.15) is 0 Å². The van der Waals surface area contributed by atoms with E-state index in [0.29, 0.717) is 0 Å². The van der Waals surface area contributed by atoms with Crippen LogP contribution in [0.15, 0.2) is 29.6 Å². The summed E-state index contributed by atoms with van der Waals surface area (Å²) in [6.07, 6.45) is 1.29. The van der Waals surface area contributed by atoms with E-state index in [2.05, 4.69) is 35.0 Å². The predicted molar refractivity (Wildman–Crippen MR) is 62.1 cm³/mol. The third kappa shape index (κ3) is 1.26. The maximum absolute atomic E-state index is 3.43. The molecule has 0 aliphatic carbocycles. The molecule has 2 aromatic rings. The first-order valence-electron chi connectivity index (χ1n) is 5.12. The quantitative estimate of drug-likeness (QED) is 0.751. The Morgan fingerprint density at radius 3 is 3.07 bits per heavy atom. The number of nitrogens with one attached hydrogen (secondary N) is 1. The van der Waals surface area contributed by atoms with Crippen LogP contribution in [0.3, 0.4) is 0 Å². The van der Waals surface area contributed by atoms with Gasteiger partial charge in [0.05, 0.1) is 0 Å². The van der Waals surface area contributed by atoms with Crippen molar-refractivity contribution < 1.29 is 0 Å². The molecule has 1 atom stereocenters. The maximum atomic E-state index is 3.43. The fourth-order valence-electron chi connectivity index (χ4n) is 2.23. The zero-order chi connectivity index (χ0) is 9.38. The lowest BCUT2D eigenvalue weighted by molar-refractivity contribution is 0.772. The van der Waals surface area contributed by atoms with Gasteiger partial charge in [0.25, 0.3) is 0 Å². The van der Waals surface area contributed by atoms with Crippen LogP contribution < -0.4 is 5.32 Å². The van der Waals surface area contributed by atoms with Crippen LogP contribution in [-0.4, -0.2) is 13.1 Å². The number of benzene rings is 1. The molecule has 72 valence electrons. The van der Waals surface area contributed by atoms with E-state index in [-0.39, 0.29) is 0 Å². The number of hydrogen-bond donors (Lipinski definition) is 1. The number of fused-ring (bicyclic) bond motifs is 1. The lowest BCUT2D eigenvalue weighted by Crippen LogP contribution is -2.07. The summed E-state index contributed by atoms with van der Waals surface area (Å²) < 4.78 is 1.43. The number of thiophene rings is 1. The Morgan fingerprint density at radius 1 is 1.29 bits per heavy atom. The fourth-order valence-corrected chi connectivity index (χ4v) is 3.28. The molecule has 1 fully saturated rings. The monoisotopic (exact) mass is 203 g/mol. The van der Waals surface area contributed by atoms with Gasteiger partial charge in [0.15, 0.2) is 0 Å². The molecule has 1 unspecified atom stereocenters. The zero-order valence-corrected chi connectivity index (χ0v) is 8.81. The SMILES string of the molecule is c1ccc2c(C3CCNC3)csc2c1. The molecular formula is C12H13NS. The minimum atomic E-state index is 0.742. The third-order valence-electron chi connectivity index (χ3n) is 3.01. The molecule has 0 radical (unpaired) electrons. The Labute approximate surface area is 87.8 Å². The highest BCUT2D eigenvalue weighted by Crippen LogP contribution is 2.33. The van der Waals surface area contributed by atoms with E-state index in [4.69, 9.17) is 0 Å². The normalized spacial score (nSPS) is 21.9. The second-order valence-electron chi connectivity index (χ2n) is 3.88. The Kier molecular flexibility index (Phi) is 2.03. The average molecular weight is 203 g/mol. The van der Waals surface area contributed by atoms with Crippen molar-refractivity contribution in [1.29, 1.82) is 0 Å². The number of hydrogen-bond acceptors (Lipinski definition) is 2. The van der Waals surface area contributed by atoms with Crippen LogP contribution in [0.5, 0.6) is 0 Å². The largest absolute Gasteiger partial charge is 0.316 e. The molecule has 3 rings (SSSR count). The molecule has 14 heavy (non-hydrogen) atoms. The van der Waals surface area contributed by atoms with E-state index in [0.717, 1.165) is 12.5 Å². The molecule has 0 amide bonds. The number of rotatable bonds is 1. The van der Waals surface area contributed by atoms with Gasteiger partial charge in [-0.15, -0.1) is 11.3 Å². The molecule has 1 N–H and O–H groups in total. The van der Waals surface area contributed by atoms with Crippen molar-refractivity contribution in [1.82, 2.24) is 5.32 Å². The minimum absolute atomic E-state index is 0.742. The van der Waals surface area contributed by atoms with Crippen molar-refractivity contribution in [2.24, 2.45) is 0 Å². The fraction of sp³-hybridized carbons (Fsp3) is 0.333. The average Bonchev–Trinajstić information content (AvgIpc) is 2.85. The molecule has 0 spiro atoms. The van der Waals surface area contributed by atoms with E-state index < -0.39 is 0 Å². The van der Waals surface area contributed by atoms with Crippen molar-refractivity contribution in [2.45, 2.75) is 12.3 Å². The highest BCUT2D eigenvalue weighted by atomic mass is 32.1. The van der Waals surface area contributed by atoms with Crippen molar-refractivity contribution >= 4 is 21.4 Å². The van der Waals surface area contributed by atoms with Crippen molar-refractivity contribution in [3.8, 4) is 0 Å². The Balaban J connectivity index is 2.11. The van der Waals surface area contributed by atoms with Crippen LogP contribution in [-0.2, 0) is 0 Å². The lowest BCUT2D eigenvalue weighted by Gasteiger charge is -2.06.